The highest BCUT2D eigenvalue weighted by atomic mass is 79.9. The lowest BCUT2D eigenvalue weighted by atomic mass is 9.75. The smallest absolute Gasteiger partial charge is 0.320 e. The molecule has 0 aliphatic heterocycles. The number of benzene rings is 9. The first-order valence-corrected chi connectivity index (χ1v) is 46.0. The molecule has 5 heterocycles. The summed E-state index contributed by atoms with van der Waals surface area (Å²) in [6.07, 6.45) is 17.1. The third-order valence-corrected chi connectivity index (χ3v) is 31.2. The predicted molar refractivity (Wildman–Crippen MR) is 498 cm³/mol. The number of hydroxylamine groups is 1. The maximum Gasteiger partial charge on any atom is 0.320 e. The Hall–Kier alpha value is -7.92. The van der Waals surface area contributed by atoms with E-state index in [-0.39, 0.29) is 70.3 Å². The first-order chi connectivity index (χ1) is 57.0. The van der Waals surface area contributed by atoms with Gasteiger partial charge in [0.1, 0.15) is 35.2 Å². The zero-order valence-electron chi connectivity index (χ0n) is 66.2. The van der Waals surface area contributed by atoms with Gasteiger partial charge in [-0.1, -0.05) is 116 Å². The quantitative estimate of drug-likeness (QED) is 0.0473. The normalized spacial score (nSPS) is 20.3. The molecule has 1 amide bonds. The lowest BCUT2D eigenvalue weighted by Crippen LogP contribution is -2.42. The average Bonchev–Trinajstić information content (AvgIpc) is 1.62. The number of carboxylic acids is 1. The van der Waals surface area contributed by atoms with E-state index in [1.54, 1.807) is 86.2 Å². The number of aliphatic carboxylic acids is 1. The third kappa shape index (κ3) is 18.4. The van der Waals surface area contributed by atoms with Gasteiger partial charge in [0.15, 0.2) is 4.47 Å². The number of rotatable bonds is 16. The molecule has 6 saturated carbocycles. The Labute approximate surface area is 751 Å². The molecule has 7 aliphatic rings. The Morgan fingerprint density at radius 2 is 0.908 bits per heavy atom. The van der Waals surface area contributed by atoms with Crippen LogP contribution in [0.4, 0.5) is 13.2 Å². The van der Waals surface area contributed by atoms with Gasteiger partial charge in [0.05, 0.1) is 89.1 Å². The molecular weight excluding hydrogens is 1800 g/mol. The van der Waals surface area contributed by atoms with Crippen LogP contribution in [-0.2, 0) is 42.0 Å². The largest absolute Gasteiger partial charge is 0.497 e. The molecule has 1 unspecified atom stereocenters. The molecule has 14 aromatic rings. The van der Waals surface area contributed by atoms with E-state index in [2.05, 4.69) is 115 Å². The van der Waals surface area contributed by atoms with E-state index in [0.717, 1.165) is 82.4 Å². The number of allylic oxidation sites excluding steroid dienone is 1. The number of amides is 1. The van der Waals surface area contributed by atoms with Crippen molar-refractivity contribution in [2.24, 2.45) is 0 Å². The molecule has 21 rings (SSSR count). The number of hydrogen-bond donors (Lipinski definition) is 3. The minimum absolute atomic E-state index is 0. The minimum atomic E-state index is -1.05. The molecule has 622 valence electrons. The summed E-state index contributed by atoms with van der Waals surface area (Å²) in [5.74, 6) is 1.11. The van der Waals surface area contributed by atoms with Crippen LogP contribution in [0.5, 0.6) is 5.75 Å². The van der Waals surface area contributed by atoms with Gasteiger partial charge in [-0.3, -0.25) is 19.6 Å². The average molecular weight is 1890 g/mol. The van der Waals surface area contributed by atoms with Crippen molar-refractivity contribution in [1.29, 1.82) is 0 Å². The first kappa shape index (κ1) is 87.0. The second-order valence-electron chi connectivity index (χ2n) is 32.2. The molecule has 5 aromatic heterocycles. The molecule has 7 aliphatic carbocycles. The second-order valence-corrected chi connectivity index (χ2v) is 39.9. The van der Waals surface area contributed by atoms with Crippen molar-refractivity contribution in [3.8, 4) is 5.75 Å². The van der Waals surface area contributed by atoms with Gasteiger partial charge >= 0.3 is 11.9 Å². The topological polar surface area (TPSA) is 187 Å². The summed E-state index contributed by atoms with van der Waals surface area (Å²) in [4.78, 5) is 61.9. The van der Waals surface area contributed by atoms with Crippen LogP contribution in [0, 0.1) is 38.2 Å². The van der Waals surface area contributed by atoms with E-state index in [0.29, 0.717) is 94.1 Å². The minimum Gasteiger partial charge on any atom is -0.497 e. The van der Waals surface area contributed by atoms with Gasteiger partial charge in [-0.2, -0.15) is 27.0 Å². The van der Waals surface area contributed by atoms with Crippen LogP contribution in [0.1, 0.15) is 215 Å². The van der Waals surface area contributed by atoms with E-state index >= 15 is 0 Å². The van der Waals surface area contributed by atoms with Gasteiger partial charge in [0, 0.05) is 34.0 Å². The number of fused-ring (bicyclic) bond motifs is 5. The van der Waals surface area contributed by atoms with Gasteiger partial charge < -0.3 is 14.6 Å². The molecule has 0 saturated heterocycles. The zero-order valence-corrected chi connectivity index (χ0v) is 76.2. The number of ether oxygens (including phenoxy) is 2. The molecule has 5 atom stereocenters. The maximum absolute atomic E-state index is 14.7. The lowest BCUT2D eigenvalue weighted by molar-refractivity contribution is -0.150. The van der Waals surface area contributed by atoms with E-state index in [9.17, 15) is 37.9 Å². The molecule has 0 spiro atoms. The van der Waals surface area contributed by atoms with E-state index in [4.69, 9.17) is 36.0 Å². The number of carbonyl (C=O) groups excluding carboxylic acids is 2. The SMILES string of the molecule is Brc1ccc2nc(C3CC3)sc2c1.COc1ccc(COC(=O)[C@]2(c3cccc(F)c3C)C=C(c3ccc4nc(C5CC5)sc4c3)CC2)cc1.Cc1c(F)cccc1[C@]1(C(=O)NO)CC[C@H](c2ccc3nc(C4CC4)sc3c2)C1.Cc1c(F)cccc1[C@]1(C(=O)O)CCC(c2ccc3nc(C4CC4)sc3c2)C1.Clc1nc2ccc(Br)cc2s1.S.S.[2HH]. The summed E-state index contributed by atoms with van der Waals surface area (Å²) in [6.45, 7) is 5.26. The Morgan fingerprint density at radius 1 is 0.500 bits per heavy atom. The summed E-state index contributed by atoms with van der Waals surface area (Å²) in [5, 5.41) is 24.6. The van der Waals surface area contributed by atoms with Crippen molar-refractivity contribution in [3.63, 3.8) is 0 Å². The summed E-state index contributed by atoms with van der Waals surface area (Å²) >= 11 is 21.2. The zero-order chi connectivity index (χ0) is 81.9. The number of aromatic nitrogens is 5. The number of esters is 1. The number of nitrogens with zero attached hydrogens (tertiary/aromatic N) is 5. The van der Waals surface area contributed by atoms with Gasteiger partial charge in [0.2, 0.25) is 0 Å². The highest BCUT2D eigenvalue weighted by molar-refractivity contribution is 9.10. The van der Waals surface area contributed by atoms with Gasteiger partial charge in [-0.25, -0.2) is 43.6 Å². The number of hydrogen-bond acceptors (Lipinski definition) is 16. The number of methoxy groups -OCH3 is 1. The first-order valence-electron chi connectivity index (χ1n) is 40.0. The van der Waals surface area contributed by atoms with Crippen LogP contribution in [-0.4, -0.2) is 60.2 Å². The lowest BCUT2D eigenvalue weighted by Gasteiger charge is -2.29. The van der Waals surface area contributed by atoms with Crippen LogP contribution in [0.25, 0.3) is 56.7 Å². The van der Waals surface area contributed by atoms with Crippen molar-refractivity contribution in [2.45, 2.75) is 182 Å². The van der Waals surface area contributed by atoms with Crippen LogP contribution in [0.15, 0.2) is 185 Å². The van der Waals surface area contributed by atoms with Crippen molar-refractivity contribution < 1.29 is 48.8 Å². The number of thiazole rings is 5. The van der Waals surface area contributed by atoms with Crippen molar-refractivity contribution in [2.75, 3.05) is 7.11 Å². The number of nitrogens with one attached hydrogen (secondary N) is 1. The van der Waals surface area contributed by atoms with Crippen LogP contribution >= 0.6 is 127 Å². The Morgan fingerprint density at radius 3 is 1.38 bits per heavy atom. The van der Waals surface area contributed by atoms with E-state index in [1.165, 1.54) is 131 Å². The van der Waals surface area contributed by atoms with Crippen molar-refractivity contribution in [3.05, 3.63) is 282 Å². The summed E-state index contributed by atoms with van der Waals surface area (Å²) in [5.41, 5.74) is 12.8. The highest BCUT2D eigenvalue weighted by Crippen LogP contribution is 2.55. The molecule has 6 fully saturated rings. The molecule has 9 aromatic carbocycles. The van der Waals surface area contributed by atoms with Crippen molar-refractivity contribution >= 4 is 202 Å². The summed E-state index contributed by atoms with van der Waals surface area (Å²) in [6, 6.07) is 53.3. The molecule has 3 N–H and O–H groups in total. The molecule has 0 bridgehead atoms. The third-order valence-electron chi connectivity index (χ3n) is 24.4. The highest BCUT2D eigenvalue weighted by Gasteiger charge is 2.51. The molecule has 0 radical (unpaired) electrons. The Bertz CT molecular complexity index is 6250. The fourth-order valence-electron chi connectivity index (χ4n) is 17.1. The van der Waals surface area contributed by atoms with E-state index in [1.807, 2.05) is 77.5 Å². The molecule has 26 heteroatoms. The number of carboxylic acid groups (broad SMARTS) is 1. The van der Waals surface area contributed by atoms with Gasteiger partial charge in [-0.05, 0) is 300 Å². The monoisotopic (exact) mass is 1890 g/mol. The standard InChI is InChI=1S/C31H28FNO3S.C23H23FN2O2S.C23H22FNO2S.C10H8BrNS.C7H3BrClNS.2H2S.H2/c1-19-25(4-3-5-26(19)32)31(30(34)36-18-20-6-11-24(35-2)12-7-20)15-14-23(17-31)22-10-13-27-28(16-22)37-29(33-27)21-8-9-21;1-13-17(3-2-4-18(13)24)23(22(27)26-28)10-9-16(12-23)15-7-8-19-20(11-15)29-21(25-19)14-5-6-14;1-13-17(3-2-4-18(13)24)23(22(26)27)10-9-16(12-23)15-7-8-19-20(11-15)28-21(25-19)14-5-6-14;11-7-3-4-8-9(5-7)13-10(12-8)6-1-2-6;8-4-1-2-5-6(3-4)11-7(9)10-5;;;/h3-7,10-13,16-17,21H,8-9,14-15,18H2,1-2H3;2-4,7-8,11,14,16,28H,5-6,9-10,12H2,1H3,(H,26,27);2-4,7-8,11,14,16H,5-6,9-10,12H2,1H3,(H,26,27);3-6H,1-2H2;1-3H;2*1H2;1H/t31-;16-,23-;16?,23-;;;;;/m000...../s1/i;;;;;;;1+1. The molecule has 13 nitrogen and oxygen atoms in total. The summed E-state index contributed by atoms with van der Waals surface area (Å²) < 4.78 is 62.9. The van der Waals surface area contributed by atoms with Crippen LogP contribution < -0.4 is 10.2 Å². The second kappa shape index (κ2) is 36.5. The molecular formula is C94H90Br2ClF3N6O7S7. The maximum atomic E-state index is 14.7. The number of halogens is 6. The Kier molecular flexibility index (Phi) is 26.4. The number of carbonyl (C=O) groups is 3. The fraction of sp³-hybridized carbons (Fsp3) is 0.319. The van der Waals surface area contributed by atoms with Crippen molar-refractivity contribution in [1.82, 2.24) is 30.4 Å². The van der Waals surface area contributed by atoms with E-state index < -0.39 is 28.1 Å². The fourth-order valence-corrected chi connectivity index (χ4v) is 23.9. The summed E-state index contributed by atoms with van der Waals surface area (Å²) in [7, 11) is 1.61. The molecule has 120 heavy (non-hydrogen) atoms. The predicted octanol–water partition coefficient (Wildman–Crippen LogP) is 26.9. The van der Waals surface area contributed by atoms with Gasteiger partial charge in [0.25, 0.3) is 5.91 Å². The Balaban J connectivity index is 0.000000130. The van der Waals surface area contributed by atoms with Crippen LogP contribution in [0.3, 0.4) is 0 Å². The van der Waals surface area contributed by atoms with Gasteiger partial charge in [-0.15, -0.1) is 56.7 Å². The van der Waals surface area contributed by atoms with Crippen LogP contribution in [0.2, 0.25) is 4.47 Å².